The molecule has 0 amide bonds. The molecule has 90 valence electrons. The van der Waals surface area contributed by atoms with E-state index in [0.29, 0.717) is 6.61 Å². The van der Waals surface area contributed by atoms with Crippen molar-refractivity contribution in [2.45, 2.75) is 25.4 Å². The van der Waals surface area contributed by atoms with E-state index >= 15 is 0 Å². The summed E-state index contributed by atoms with van der Waals surface area (Å²) in [5.41, 5.74) is 7.29. The standard InChI is InChI=1S/C12H20N2O2/c1-10-11(3-5-16-10)7-14(2)8-12(13)4-6-15-9-12/h3,5H,4,6-9,13H2,1-2H3. The van der Waals surface area contributed by atoms with Crippen molar-refractivity contribution in [2.75, 3.05) is 26.8 Å². The zero-order valence-electron chi connectivity index (χ0n) is 10.0. The Bertz CT molecular complexity index is 343. The highest BCUT2D eigenvalue weighted by atomic mass is 16.5. The van der Waals surface area contributed by atoms with Crippen LogP contribution < -0.4 is 5.73 Å². The van der Waals surface area contributed by atoms with Crippen LogP contribution in [0.5, 0.6) is 0 Å². The van der Waals surface area contributed by atoms with Gasteiger partial charge in [-0.2, -0.15) is 0 Å². The first kappa shape index (κ1) is 11.6. The first-order valence-electron chi connectivity index (χ1n) is 5.67. The molecule has 2 N–H and O–H groups in total. The zero-order valence-corrected chi connectivity index (χ0v) is 10.0. The van der Waals surface area contributed by atoms with E-state index in [1.807, 2.05) is 13.0 Å². The second-order valence-electron chi connectivity index (χ2n) is 4.84. The predicted octanol–water partition coefficient (Wildman–Crippen LogP) is 1.14. The number of ether oxygens (including phenoxy) is 1. The van der Waals surface area contributed by atoms with Crippen LogP contribution in [0.15, 0.2) is 16.7 Å². The van der Waals surface area contributed by atoms with Gasteiger partial charge in [0.15, 0.2) is 0 Å². The van der Waals surface area contributed by atoms with Gasteiger partial charge in [-0.3, -0.25) is 0 Å². The second kappa shape index (κ2) is 4.57. The Labute approximate surface area is 96.4 Å². The number of aryl methyl sites for hydroxylation is 1. The molecule has 1 aliphatic heterocycles. The van der Waals surface area contributed by atoms with Gasteiger partial charge in [0.2, 0.25) is 0 Å². The van der Waals surface area contributed by atoms with Crippen LogP contribution in [-0.4, -0.2) is 37.2 Å². The van der Waals surface area contributed by atoms with E-state index in [1.54, 1.807) is 6.26 Å². The van der Waals surface area contributed by atoms with Gasteiger partial charge in [0, 0.05) is 25.3 Å². The number of nitrogens with two attached hydrogens (primary N) is 1. The lowest BCUT2D eigenvalue weighted by molar-refractivity contribution is 0.159. The number of likely N-dealkylation sites (N-methyl/N-ethyl adjacent to an activating group) is 1. The maximum atomic E-state index is 6.24. The molecule has 0 bridgehead atoms. The number of hydrogen-bond donors (Lipinski definition) is 1. The van der Waals surface area contributed by atoms with Crippen LogP contribution in [0.4, 0.5) is 0 Å². The summed E-state index contributed by atoms with van der Waals surface area (Å²) in [6.07, 6.45) is 2.68. The van der Waals surface area contributed by atoms with Gasteiger partial charge in [0.1, 0.15) is 5.76 Å². The minimum atomic E-state index is -0.174. The molecular weight excluding hydrogens is 204 g/mol. The highest BCUT2D eigenvalue weighted by Crippen LogP contribution is 2.18. The Morgan fingerprint density at radius 3 is 2.94 bits per heavy atom. The molecule has 1 saturated heterocycles. The summed E-state index contributed by atoms with van der Waals surface area (Å²) < 4.78 is 10.6. The largest absolute Gasteiger partial charge is 0.469 e. The van der Waals surface area contributed by atoms with Crippen molar-refractivity contribution in [1.82, 2.24) is 4.90 Å². The molecule has 0 aliphatic carbocycles. The summed E-state index contributed by atoms with van der Waals surface area (Å²) in [4.78, 5) is 2.23. The maximum absolute atomic E-state index is 6.24. The van der Waals surface area contributed by atoms with Gasteiger partial charge in [-0.15, -0.1) is 0 Å². The lowest BCUT2D eigenvalue weighted by atomic mass is 9.99. The molecule has 1 aromatic rings. The van der Waals surface area contributed by atoms with Gasteiger partial charge >= 0.3 is 0 Å². The molecule has 2 rings (SSSR count). The normalized spacial score (nSPS) is 25.5. The topological polar surface area (TPSA) is 51.6 Å². The molecule has 1 aliphatic rings. The van der Waals surface area contributed by atoms with E-state index in [0.717, 1.165) is 31.9 Å². The molecule has 4 nitrogen and oxygen atoms in total. The molecule has 1 aromatic heterocycles. The Morgan fingerprint density at radius 1 is 1.56 bits per heavy atom. The SMILES string of the molecule is Cc1occc1CN(C)CC1(N)CCOC1. The first-order chi connectivity index (χ1) is 7.59. The maximum Gasteiger partial charge on any atom is 0.105 e. The predicted molar refractivity (Wildman–Crippen MR) is 62.1 cm³/mol. The van der Waals surface area contributed by atoms with Crippen LogP contribution in [0.3, 0.4) is 0 Å². The van der Waals surface area contributed by atoms with Crippen molar-refractivity contribution in [2.24, 2.45) is 5.73 Å². The molecule has 4 heteroatoms. The third-order valence-corrected chi connectivity index (χ3v) is 3.13. The van der Waals surface area contributed by atoms with E-state index in [4.69, 9.17) is 14.9 Å². The Morgan fingerprint density at radius 2 is 2.38 bits per heavy atom. The quantitative estimate of drug-likeness (QED) is 0.833. The van der Waals surface area contributed by atoms with E-state index in [2.05, 4.69) is 11.9 Å². The minimum absolute atomic E-state index is 0.174. The van der Waals surface area contributed by atoms with Gasteiger partial charge in [-0.25, -0.2) is 0 Å². The smallest absolute Gasteiger partial charge is 0.105 e. The van der Waals surface area contributed by atoms with Crippen LogP contribution in [0.2, 0.25) is 0 Å². The molecular formula is C12H20N2O2. The molecule has 0 saturated carbocycles. The highest BCUT2D eigenvalue weighted by molar-refractivity contribution is 5.15. The monoisotopic (exact) mass is 224 g/mol. The van der Waals surface area contributed by atoms with Crippen molar-refractivity contribution >= 4 is 0 Å². The highest BCUT2D eigenvalue weighted by Gasteiger charge is 2.31. The second-order valence-corrected chi connectivity index (χ2v) is 4.84. The zero-order chi connectivity index (χ0) is 11.6. The molecule has 0 aromatic carbocycles. The third kappa shape index (κ3) is 2.64. The van der Waals surface area contributed by atoms with Gasteiger partial charge in [-0.1, -0.05) is 0 Å². The van der Waals surface area contributed by atoms with Crippen molar-refractivity contribution in [3.8, 4) is 0 Å². The van der Waals surface area contributed by atoms with Crippen molar-refractivity contribution in [3.05, 3.63) is 23.7 Å². The summed E-state index contributed by atoms with van der Waals surface area (Å²) in [7, 11) is 2.08. The summed E-state index contributed by atoms with van der Waals surface area (Å²) in [6.45, 7) is 5.18. The average Bonchev–Trinajstić information content (AvgIpc) is 2.77. The molecule has 1 atom stereocenters. The fraction of sp³-hybridized carbons (Fsp3) is 0.667. The molecule has 1 fully saturated rings. The van der Waals surface area contributed by atoms with Gasteiger partial charge < -0.3 is 19.8 Å². The molecule has 0 radical (unpaired) electrons. The first-order valence-corrected chi connectivity index (χ1v) is 5.67. The third-order valence-electron chi connectivity index (χ3n) is 3.13. The van der Waals surface area contributed by atoms with Crippen LogP contribution in [-0.2, 0) is 11.3 Å². The van der Waals surface area contributed by atoms with Crippen molar-refractivity contribution in [3.63, 3.8) is 0 Å². The molecule has 1 unspecified atom stereocenters. The summed E-state index contributed by atoms with van der Waals surface area (Å²) in [6, 6.07) is 2.01. The molecule has 16 heavy (non-hydrogen) atoms. The average molecular weight is 224 g/mol. The number of nitrogens with zero attached hydrogens (tertiary/aromatic N) is 1. The number of hydrogen-bond acceptors (Lipinski definition) is 4. The van der Waals surface area contributed by atoms with Crippen LogP contribution in [0.1, 0.15) is 17.7 Å². The molecule has 2 heterocycles. The lowest BCUT2D eigenvalue weighted by Crippen LogP contribution is -2.49. The fourth-order valence-corrected chi connectivity index (χ4v) is 2.21. The van der Waals surface area contributed by atoms with Gasteiger partial charge in [0.25, 0.3) is 0 Å². The van der Waals surface area contributed by atoms with Crippen molar-refractivity contribution < 1.29 is 9.15 Å². The van der Waals surface area contributed by atoms with Crippen LogP contribution >= 0.6 is 0 Å². The van der Waals surface area contributed by atoms with Gasteiger partial charge in [0.05, 0.1) is 18.4 Å². The molecule has 0 spiro atoms. The fourth-order valence-electron chi connectivity index (χ4n) is 2.21. The Kier molecular flexibility index (Phi) is 3.33. The van der Waals surface area contributed by atoms with E-state index in [1.165, 1.54) is 5.56 Å². The van der Waals surface area contributed by atoms with Gasteiger partial charge in [-0.05, 0) is 26.5 Å². The number of furan rings is 1. The van der Waals surface area contributed by atoms with Crippen LogP contribution in [0.25, 0.3) is 0 Å². The minimum Gasteiger partial charge on any atom is -0.469 e. The summed E-state index contributed by atoms with van der Waals surface area (Å²) >= 11 is 0. The number of rotatable bonds is 4. The summed E-state index contributed by atoms with van der Waals surface area (Å²) in [5.74, 6) is 0.987. The lowest BCUT2D eigenvalue weighted by Gasteiger charge is -2.28. The van der Waals surface area contributed by atoms with E-state index in [9.17, 15) is 0 Å². The van der Waals surface area contributed by atoms with E-state index < -0.39 is 0 Å². The van der Waals surface area contributed by atoms with Crippen LogP contribution in [0, 0.1) is 6.92 Å². The van der Waals surface area contributed by atoms with E-state index in [-0.39, 0.29) is 5.54 Å². The van der Waals surface area contributed by atoms with Crippen molar-refractivity contribution in [1.29, 1.82) is 0 Å². The Balaban J connectivity index is 1.89. The Hall–Kier alpha value is -0.840. The summed E-state index contributed by atoms with van der Waals surface area (Å²) in [5, 5.41) is 0.